The summed E-state index contributed by atoms with van der Waals surface area (Å²) in [4.78, 5) is 19.2. The van der Waals surface area contributed by atoms with Crippen LogP contribution < -0.4 is 9.47 Å². The first-order chi connectivity index (χ1) is 11.0. The van der Waals surface area contributed by atoms with Crippen molar-refractivity contribution in [3.63, 3.8) is 0 Å². The molecular formula is C16H19BrN2O3S. The number of ether oxygens (including phenoxy) is 2. The molecule has 0 spiro atoms. The number of aliphatic imine (C=N–C) groups is 1. The van der Waals surface area contributed by atoms with Crippen molar-refractivity contribution in [3.8, 4) is 11.5 Å². The number of nitrogens with zero attached hydrogens (tertiary/aromatic N) is 2. The van der Waals surface area contributed by atoms with Gasteiger partial charge in [-0.1, -0.05) is 0 Å². The first kappa shape index (κ1) is 17.9. The van der Waals surface area contributed by atoms with E-state index >= 15 is 0 Å². The third-order valence-corrected chi connectivity index (χ3v) is 4.88. The van der Waals surface area contributed by atoms with Crippen LogP contribution in [0.1, 0.15) is 19.4 Å². The van der Waals surface area contributed by atoms with Crippen LogP contribution in [0.4, 0.5) is 0 Å². The van der Waals surface area contributed by atoms with Crippen molar-refractivity contribution in [2.24, 2.45) is 4.99 Å². The Morgan fingerprint density at radius 3 is 2.61 bits per heavy atom. The summed E-state index contributed by atoms with van der Waals surface area (Å²) in [5.41, 5.74) is 0.860. The van der Waals surface area contributed by atoms with Crippen LogP contribution in [-0.2, 0) is 4.79 Å². The standard InChI is InChI=1S/C16H19BrN2O3S/c1-5-18-16-19(6-2)15(20)13(23-16)9-10-7-11(17)14(22-4)12(8-10)21-3/h7-9H,5-6H2,1-4H3/b13-9-,18-16?. The van der Waals surface area contributed by atoms with Crippen LogP contribution in [-0.4, -0.2) is 43.3 Å². The number of hydrogen-bond acceptors (Lipinski definition) is 5. The molecule has 0 aromatic heterocycles. The molecule has 23 heavy (non-hydrogen) atoms. The highest BCUT2D eigenvalue weighted by atomic mass is 79.9. The van der Waals surface area contributed by atoms with Gasteiger partial charge in [0.15, 0.2) is 16.7 Å². The van der Waals surface area contributed by atoms with Crippen LogP contribution in [0, 0.1) is 0 Å². The maximum atomic E-state index is 12.5. The largest absolute Gasteiger partial charge is 0.493 e. The number of carbonyl (C=O) groups excluding carboxylic acids is 1. The van der Waals surface area contributed by atoms with Crippen molar-refractivity contribution in [3.05, 3.63) is 27.1 Å². The van der Waals surface area contributed by atoms with E-state index in [0.717, 1.165) is 15.2 Å². The highest BCUT2D eigenvalue weighted by molar-refractivity contribution is 9.10. The Morgan fingerprint density at radius 2 is 2.04 bits per heavy atom. The summed E-state index contributed by atoms with van der Waals surface area (Å²) in [6, 6.07) is 3.74. The van der Waals surface area contributed by atoms with Gasteiger partial charge >= 0.3 is 0 Å². The maximum Gasteiger partial charge on any atom is 0.266 e. The molecule has 5 nitrogen and oxygen atoms in total. The second kappa shape index (κ2) is 7.88. The Balaban J connectivity index is 2.41. The molecule has 0 aliphatic carbocycles. The Hall–Kier alpha value is -1.47. The van der Waals surface area contributed by atoms with E-state index in [2.05, 4.69) is 20.9 Å². The zero-order chi connectivity index (χ0) is 17.0. The van der Waals surface area contributed by atoms with E-state index in [1.807, 2.05) is 32.1 Å². The molecule has 0 atom stereocenters. The van der Waals surface area contributed by atoms with Gasteiger partial charge in [-0.25, -0.2) is 0 Å². The minimum atomic E-state index is -0.0180. The fourth-order valence-corrected chi connectivity index (χ4v) is 3.94. The number of likely N-dealkylation sites (N-methyl/N-ethyl adjacent to an activating group) is 1. The smallest absolute Gasteiger partial charge is 0.266 e. The summed E-state index contributed by atoms with van der Waals surface area (Å²) in [5.74, 6) is 1.22. The van der Waals surface area contributed by atoms with Crippen LogP contribution in [0.2, 0.25) is 0 Å². The van der Waals surface area contributed by atoms with E-state index < -0.39 is 0 Å². The zero-order valence-corrected chi connectivity index (χ0v) is 16.0. The number of rotatable bonds is 5. The first-order valence-corrected chi connectivity index (χ1v) is 8.84. The van der Waals surface area contributed by atoms with Gasteiger partial charge < -0.3 is 9.47 Å². The number of amides is 1. The highest BCUT2D eigenvalue weighted by Crippen LogP contribution is 2.38. The van der Waals surface area contributed by atoms with Crippen molar-refractivity contribution < 1.29 is 14.3 Å². The number of methoxy groups -OCH3 is 2. The van der Waals surface area contributed by atoms with E-state index in [1.54, 1.807) is 19.1 Å². The molecule has 1 fully saturated rings. The molecule has 1 aromatic carbocycles. The van der Waals surface area contributed by atoms with E-state index in [0.29, 0.717) is 29.5 Å². The Kier molecular flexibility index (Phi) is 6.12. The topological polar surface area (TPSA) is 51.1 Å². The molecule has 1 saturated heterocycles. The number of hydrogen-bond donors (Lipinski definition) is 0. The van der Waals surface area contributed by atoms with Crippen molar-refractivity contribution >= 4 is 44.8 Å². The number of thioether (sulfide) groups is 1. The average Bonchev–Trinajstić information content (AvgIpc) is 2.82. The average molecular weight is 399 g/mol. The molecule has 1 aliphatic heterocycles. The van der Waals surface area contributed by atoms with E-state index in [9.17, 15) is 4.79 Å². The summed E-state index contributed by atoms with van der Waals surface area (Å²) in [7, 11) is 3.17. The first-order valence-electron chi connectivity index (χ1n) is 7.23. The molecule has 1 amide bonds. The van der Waals surface area contributed by atoms with Crippen LogP contribution in [0.3, 0.4) is 0 Å². The fourth-order valence-electron chi connectivity index (χ4n) is 2.21. The summed E-state index contributed by atoms with van der Waals surface area (Å²) >= 11 is 4.87. The van der Waals surface area contributed by atoms with Gasteiger partial charge in [-0.2, -0.15) is 0 Å². The Bertz CT molecular complexity index is 674. The predicted molar refractivity (Wildman–Crippen MR) is 98.2 cm³/mol. The Morgan fingerprint density at radius 1 is 1.30 bits per heavy atom. The number of amidine groups is 1. The van der Waals surface area contributed by atoms with Crippen LogP contribution in [0.5, 0.6) is 11.5 Å². The second-order valence-corrected chi connectivity index (χ2v) is 6.52. The van der Waals surface area contributed by atoms with Gasteiger partial charge in [-0.05, 0) is 65.3 Å². The van der Waals surface area contributed by atoms with E-state index in [4.69, 9.17) is 9.47 Å². The van der Waals surface area contributed by atoms with Crippen LogP contribution >= 0.6 is 27.7 Å². The highest BCUT2D eigenvalue weighted by Gasteiger charge is 2.31. The predicted octanol–water partition coefficient (Wildman–Crippen LogP) is 3.78. The van der Waals surface area contributed by atoms with Crippen LogP contribution in [0.15, 0.2) is 26.5 Å². The number of benzene rings is 1. The van der Waals surface area contributed by atoms with Crippen LogP contribution in [0.25, 0.3) is 6.08 Å². The summed E-state index contributed by atoms with van der Waals surface area (Å²) in [5, 5.41) is 0.755. The zero-order valence-electron chi connectivity index (χ0n) is 13.6. The lowest BCUT2D eigenvalue weighted by atomic mass is 10.2. The normalized spacial score (nSPS) is 18.1. The van der Waals surface area contributed by atoms with Gasteiger partial charge in [-0.3, -0.25) is 14.7 Å². The lowest BCUT2D eigenvalue weighted by molar-refractivity contribution is -0.122. The van der Waals surface area contributed by atoms with Gasteiger partial charge in [0, 0.05) is 13.1 Å². The summed E-state index contributed by atoms with van der Waals surface area (Å²) in [6.07, 6.45) is 1.85. The fraction of sp³-hybridized carbons (Fsp3) is 0.375. The molecule has 0 saturated carbocycles. The van der Waals surface area contributed by atoms with Crippen molar-refractivity contribution in [1.82, 2.24) is 4.90 Å². The summed E-state index contributed by atoms with van der Waals surface area (Å²) < 4.78 is 11.4. The third kappa shape index (κ3) is 3.72. The minimum absolute atomic E-state index is 0.0180. The molecule has 1 heterocycles. The van der Waals surface area contributed by atoms with Crippen molar-refractivity contribution in [1.29, 1.82) is 0 Å². The molecule has 7 heteroatoms. The second-order valence-electron chi connectivity index (χ2n) is 4.66. The van der Waals surface area contributed by atoms with E-state index in [1.165, 1.54) is 11.8 Å². The van der Waals surface area contributed by atoms with Gasteiger partial charge in [0.2, 0.25) is 0 Å². The molecule has 2 rings (SSSR count). The third-order valence-electron chi connectivity index (χ3n) is 3.25. The maximum absolute atomic E-state index is 12.5. The van der Waals surface area contributed by atoms with Gasteiger partial charge in [0.05, 0.1) is 23.6 Å². The molecule has 124 valence electrons. The van der Waals surface area contributed by atoms with Gasteiger partial charge in [-0.15, -0.1) is 0 Å². The SMILES string of the molecule is CCN=C1S/C(=C\c2cc(Br)c(OC)c(OC)c2)C(=O)N1CC. The molecule has 0 bridgehead atoms. The lowest BCUT2D eigenvalue weighted by Crippen LogP contribution is -2.28. The molecule has 1 aliphatic rings. The summed E-state index contributed by atoms with van der Waals surface area (Å²) in [6.45, 7) is 5.16. The number of carbonyl (C=O) groups is 1. The molecule has 1 aromatic rings. The van der Waals surface area contributed by atoms with Gasteiger partial charge in [0.25, 0.3) is 5.91 Å². The quantitative estimate of drug-likeness (QED) is 0.708. The molecule has 0 N–H and O–H groups in total. The van der Waals surface area contributed by atoms with Gasteiger partial charge in [0.1, 0.15) is 0 Å². The Labute approximate surface area is 148 Å². The van der Waals surface area contributed by atoms with E-state index in [-0.39, 0.29) is 5.91 Å². The molecule has 0 radical (unpaired) electrons. The number of halogens is 1. The lowest BCUT2D eigenvalue weighted by Gasteiger charge is -2.11. The monoisotopic (exact) mass is 398 g/mol. The van der Waals surface area contributed by atoms with Crippen molar-refractivity contribution in [2.45, 2.75) is 13.8 Å². The minimum Gasteiger partial charge on any atom is -0.493 e. The molecular weight excluding hydrogens is 380 g/mol. The van der Waals surface area contributed by atoms with Crippen molar-refractivity contribution in [2.75, 3.05) is 27.3 Å². The molecule has 0 unspecified atom stereocenters.